The van der Waals surface area contributed by atoms with Crippen molar-refractivity contribution in [3.05, 3.63) is 24.3 Å². The summed E-state index contributed by atoms with van der Waals surface area (Å²) in [5, 5.41) is 3.02. The second-order valence-electron chi connectivity index (χ2n) is 6.47. The van der Waals surface area contributed by atoms with Crippen molar-refractivity contribution in [1.82, 2.24) is 9.80 Å². The molecule has 2 fully saturated rings. The molecule has 4 nitrogen and oxygen atoms in total. The molecule has 126 valence electrons. The van der Waals surface area contributed by atoms with Gasteiger partial charge in [0.2, 0.25) is 0 Å². The Hall–Kier alpha value is -1.20. The first-order valence-electron chi connectivity index (χ1n) is 8.70. The third-order valence-electron chi connectivity index (χ3n) is 5.03. The Morgan fingerprint density at radius 3 is 2.30 bits per heavy atom. The Morgan fingerprint density at radius 1 is 1.04 bits per heavy atom. The standard InChI is InChI=1S/C18H27N3OS/c1-23-17-9-7-15(8-10-17)19-18(22)21-13-11-20(12-14-21)16-5-3-2-4-6-16/h7-10,16H,2-6,11-14H2,1H3,(H,19,22). The third kappa shape index (κ3) is 4.42. The molecule has 2 aliphatic rings. The van der Waals surface area contributed by atoms with Gasteiger partial charge in [-0.1, -0.05) is 19.3 Å². The molecule has 1 aromatic rings. The average molecular weight is 334 g/mol. The van der Waals surface area contributed by atoms with E-state index >= 15 is 0 Å². The number of thioether (sulfide) groups is 1. The number of hydrogen-bond donors (Lipinski definition) is 1. The van der Waals surface area contributed by atoms with E-state index in [1.165, 1.54) is 37.0 Å². The molecule has 2 amide bonds. The van der Waals surface area contributed by atoms with Gasteiger partial charge in [0.15, 0.2) is 0 Å². The lowest BCUT2D eigenvalue weighted by Gasteiger charge is -2.40. The fraction of sp³-hybridized carbons (Fsp3) is 0.611. The zero-order valence-corrected chi connectivity index (χ0v) is 14.8. The maximum atomic E-state index is 12.4. The second kappa shape index (κ2) is 8.06. The lowest BCUT2D eigenvalue weighted by molar-refractivity contribution is 0.0943. The van der Waals surface area contributed by atoms with E-state index in [1.807, 2.05) is 29.2 Å². The van der Waals surface area contributed by atoms with Crippen molar-refractivity contribution in [1.29, 1.82) is 0 Å². The Morgan fingerprint density at radius 2 is 1.70 bits per heavy atom. The molecule has 1 N–H and O–H groups in total. The van der Waals surface area contributed by atoms with E-state index in [1.54, 1.807) is 11.8 Å². The van der Waals surface area contributed by atoms with Crippen LogP contribution >= 0.6 is 11.8 Å². The zero-order chi connectivity index (χ0) is 16.1. The Kier molecular flexibility index (Phi) is 5.84. The van der Waals surface area contributed by atoms with Crippen molar-refractivity contribution in [3.8, 4) is 0 Å². The minimum absolute atomic E-state index is 0.0326. The molecule has 1 saturated carbocycles. The quantitative estimate of drug-likeness (QED) is 0.853. The largest absolute Gasteiger partial charge is 0.322 e. The van der Waals surface area contributed by atoms with Crippen LogP contribution in [0.15, 0.2) is 29.2 Å². The molecule has 1 aliphatic carbocycles. The van der Waals surface area contributed by atoms with E-state index in [-0.39, 0.29) is 6.03 Å². The summed E-state index contributed by atoms with van der Waals surface area (Å²) in [4.78, 5) is 18.1. The van der Waals surface area contributed by atoms with E-state index in [2.05, 4.69) is 16.5 Å². The zero-order valence-electron chi connectivity index (χ0n) is 14.0. The van der Waals surface area contributed by atoms with Crippen LogP contribution in [0, 0.1) is 0 Å². The van der Waals surface area contributed by atoms with Gasteiger partial charge in [-0.15, -0.1) is 11.8 Å². The van der Waals surface area contributed by atoms with Gasteiger partial charge in [0.25, 0.3) is 0 Å². The number of urea groups is 1. The van der Waals surface area contributed by atoms with Crippen LogP contribution in [0.2, 0.25) is 0 Å². The maximum absolute atomic E-state index is 12.4. The first-order valence-corrected chi connectivity index (χ1v) is 9.93. The number of amides is 2. The highest BCUT2D eigenvalue weighted by Gasteiger charge is 2.26. The predicted molar refractivity (Wildman–Crippen MR) is 97.3 cm³/mol. The molecule has 0 atom stereocenters. The molecule has 1 heterocycles. The number of nitrogens with zero attached hydrogens (tertiary/aromatic N) is 2. The number of nitrogens with one attached hydrogen (secondary N) is 1. The van der Waals surface area contributed by atoms with Crippen LogP contribution in [-0.4, -0.2) is 54.3 Å². The van der Waals surface area contributed by atoms with Crippen LogP contribution in [0.25, 0.3) is 0 Å². The lowest BCUT2D eigenvalue weighted by Crippen LogP contribution is -2.53. The number of anilines is 1. The number of hydrogen-bond acceptors (Lipinski definition) is 3. The molecule has 3 rings (SSSR count). The lowest BCUT2D eigenvalue weighted by atomic mass is 9.94. The summed E-state index contributed by atoms with van der Waals surface area (Å²) in [6.07, 6.45) is 8.88. The van der Waals surface area contributed by atoms with Gasteiger partial charge in [-0.25, -0.2) is 4.79 Å². The molecule has 0 radical (unpaired) electrons. The van der Waals surface area contributed by atoms with Crippen LogP contribution < -0.4 is 5.32 Å². The molecule has 1 saturated heterocycles. The van der Waals surface area contributed by atoms with Crippen LogP contribution in [0.5, 0.6) is 0 Å². The van der Waals surface area contributed by atoms with Crippen LogP contribution in [0.4, 0.5) is 10.5 Å². The fourth-order valence-corrected chi connectivity index (χ4v) is 4.02. The Labute approximate surface area is 143 Å². The number of piperazine rings is 1. The summed E-state index contributed by atoms with van der Waals surface area (Å²) >= 11 is 1.71. The highest BCUT2D eigenvalue weighted by molar-refractivity contribution is 7.98. The number of carbonyl (C=O) groups excluding carboxylic acids is 1. The predicted octanol–water partition coefficient (Wildman–Crippen LogP) is 3.89. The minimum atomic E-state index is 0.0326. The number of rotatable bonds is 3. The molecule has 0 aromatic heterocycles. The maximum Gasteiger partial charge on any atom is 0.321 e. The highest BCUT2D eigenvalue weighted by Crippen LogP contribution is 2.23. The van der Waals surface area contributed by atoms with Crippen molar-refractivity contribution in [2.45, 2.75) is 43.0 Å². The van der Waals surface area contributed by atoms with E-state index in [0.717, 1.165) is 37.9 Å². The SMILES string of the molecule is CSc1ccc(NC(=O)N2CCN(C3CCCCC3)CC2)cc1. The van der Waals surface area contributed by atoms with Crippen LogP contribution in [0.3, 0.4) is 0 Å². The van der Waals surface area contributed by atoms with Gasteiger partial charge >= 0.3 is 6.03 Å². The van der Waals surface area contributed by atoms with Crippen LogP contribution in [0.1, 0.15) is 32.1 Å². The Balaban J connectivity index is 1.47. The summed E-state index contributed by atoms with van der Waals surface area (Å²) < 4.78 is 0. The monoisotopic (exact) mass is 333 g/mol. The van der Waals surface area contributed by atoms with Gasteiger partial charge in [0, 0.05) is 42.8 Å². The summed E-state index contributed by atoms with van der Waals surface area (Å²) in [6, 6.07) is 8.82. The topological polar surface area (TPSA) is 35.6 Å². The molecule has 1 aliphatic heterocycles. The molecule has 0 unspecified atom stereocenters. The van der Waals surface area contributed by atoms with Gasteiger partial charge < -0.3 is 10.2 Å². The van der Waals surface area contributed by atoms with Gasteiger partial charge in [-0.3, -0.25) is 4.90 Å². The summed E-state index contributed by atoms with van der Waals surface area (Å²) in [5.74, 6) is 0. The summed E-state index contributed by atoms with van der Waals surface area (Å²) in [7, 11) is 0. The third-order valence-corrected chi connectivity index (χ3v) is 5.78. The van der Waals surface area contributed by atoms with E-state index in [0.29, 0.717) is 0 Å². The van der Waals surface area contributed by atoms with Crippen molar-refractivity contribution < 1.29 is 4.79 Å². The van der Waals surface area contributed by atoms with Crippen LogP contribution in [-0.2, 0) is 0 Å². The molecule has 23 heavy (non-hydrogen) atoms. The molecule has 0 spiro atoms. The average Bonchev–Trinajstić information content (AvgIpc) is 2.63. The van der Waals surface area contributed by atoms with Gasteiger partial charge in [-0.2, -0.15) is 0 Å². The fourth-order valence-electron chi connectivity index (χ4n) is 3.61. The summed E-state index contributed by atoms with van der Waals surface area (Å²) in [6.45, 7) is 3.71. The number of carbonyl (C=O) groups is 1. The molecule has 0 bridgehead atoms. The minimum Gasteiger partial charge on any atom is -0.322 e. The highest BCUT2D eigenvalue weighted by atomic mass is 32.2. The Bertz CT molecular complexity index is 506. The van der Waals surface area contributed by atoms with Gasteiger partial charge in [0.05, 0.1) is 0 Å². The number of benzene rings is 1. The molecular formula is C18H27N3OS. The summed E-state index contributed by atoms with van der Waals surface area (Å²) in [5.41, 5.74) is 0.877. The first-order chi connectivity index (χ1) is 11.3. The first kappa shape index (κ1) is 16.7. The molecule has 5 heteroatoms. The van der Waals surface area contributed by atoms with E-state index in [9.17, 15) is 4.79 Å². The molecule has 1 aromatic carbocycles. The van der Waals surface area contributed by atoms with E-state index < -0.39 is 0 Å². The van der Waals surface area contributed by atoms with Crippen molar-refractivity contribution in [2.24, 2.45) is 0 Å². The van der Waals surface area contributed by atoms with Crippen molar-refractivity contribution in [3.63, 3.8) is 0 Å². The molecular weight excluding hydrogens is 306 g/mol. The normalized spacial score (nSPS) is 20.5. The van der Waals surface area contributed by atoms with Crippen molar-refractivity contribution in [2.75, 3.05) is 37.8 Å². The van der Waals surface area contributed by atoms with Gasteiger partial charge in [-0.05, 0) is 43.4 Å². The van der Waals surface area contributed by atoms with E-state index in [4.69, 9.17) is 0 Å². The van der Waals surface area contributed by atoms with Gasteiger partial charge in [0.1, 0.15) is 0 Å². The van der Waals surface area contributed by atoms with Crippen molar-refractivity contribution >= 4 is 23.5 Å². The second-order valence-corrected chi connectivity index (χ2v) is 7.35. The smallest absolute Gasteiger partial charge is 0.321 e.